The molecule has 0 aliphatic carbocycles. The number of fused-ring (bicyclic) bond motifs is 1. The third kappa shape index (κ3) is 1.60. The van der Waals surface area contributed by atoms with Gasteiger partial charge in [0.05, 0.1) is 23.6 Å². The first-order valence-electron chi connectivity index (χ1n) is 4.97. The molecule has 6 heteroatoms. The van der Waals surface area contributed by atoms with Crippen molar-refractivity contribution >= 4 is 28.2 Å². The van der Waals surface area contributed by atoms with Crippen LogP contribution in [0.1, 0.15) is 0 Å². The average molecular weight is 246 g/mol. The van der Waals surface area contributed by atoms with Crippen molar-refractivity contribution in [2.75, 3.05) is 5.73 Å². The minimum Gasteiger partial charge on any atom is -0.394 e. The molecule has 0 radical (unpaired) electrons. The van der Waals surface area contributed by atoms with Crippen LogP contribution in [0.2, 0.25) is 5.28 Å². The fourth-order valence-corrected chi connectivity index (χ4v) is 1.80. The number of nitrogens with zero attached hydrogens (tertiary/aromatic N) is 4. The highest BCUT2D eigenvalue weighted by molar-refractivity contribution is 6.28. The van der Waals surface area contributed by atoms with E-state index in [4.69, 9.17) is 17.3 Å². The summed E-state index contributed by atoms with van der Waals surface area (Å²) in [6.07, 6.45) is 3.23. The molecule has 0 saturated heterocycles. The second-order valence-corrected chi connectivity index (χ2v) is 3.87. The number of hydrogen-bond donors (Lipinski definition) is 1. The van der Waals surface area contributed by atoms with Gasteiger partial charge in [0, 0.05) is 5.39 Å². The molecular formula is C11H8ClN5. The molecule has 17 heavy (non-hydrogen) atoms. The van der Waals surface area contributed by atoms with Gasteiger partial charge in [-0.15, -0.1) is 0 Å². The van der Waals surface area contributed by atoms with Gasteiger partial charge in [0.2, 0.25) is 5.28 Å². The highest BCUT2D eigenvalue weighted by Crippen LogP contribution is 2.20. The van der Waals surface area contributed by atoms with Gasteiger partial charge < -0.3 is 5.73 Å². The minimum absolute atomic E-state index is 0.147. The second kappa shape index (κ2) is 3.71. The normalized spacial score (nSPS) is 10.9. The number of anilines is 1. The van der Waals surface area contributed by atoms with E-state index in [1.165, 1.54) is 6.20 Å². The van der Waals surface area contributed by atoms with E-state index < -0.39 is 0 Å². The van der Waals surface area contributed by atoms with Gasteiger partial charge in [-0.1, -0.05) is 18.2 Å². The van der Waals surface area contributed by atoms with Crippen LogP contribution >= 0.6 is 11.6 Å². The summed E-state index contributed by atoms with van der Waals surface area (Å²) in [6, 6.07) is 7.79. The third-order valence-electron chi connectivity index (χ3n) is 2.44. The van der Waals surface area contributed by atoms with Crippen LogP contribution in [0.3, 0.4) is 0 Å². The molecule has 0 aliphatic heterocycles. The van der Waals surface area contributed by atoms with Gasteiger partial charge in [-0.05, 0) is 17.7 Å². The van der Waals surface area contributed by atoms with E-state index in [1.54, 1.807) is 10.9 Å². The van der Waals surface area contributed by atoms with E-state index in [0.717, 1.165) is 10.9 Å². The summed E-state index contributed by atoms with van der Waals surface area (Å²) in [5.41, 5.74) is 7.19. The maximum atomic E-state index is 5.83. The third-order valence-corrected chi connectivity index (χ3v) is 2.63. The van der Waals surface area contributed by atoms with Gasteiger partial charge in [-0.2, -0.15) is 10.1 Å². The summed E-state index contributed by atoms with van der Waals surface area (Å²) < 4.78 is 1.65. The minimum atomic E-state index is 0.147. The Hall–Kier alpha value is -2.14. The number of nitrogens with two attached hydrogens (primary N) is 1. The van der Waals surface area contributed by atoms with Crippen LogP contribution in [0.5, 0.6) is 0 Å². The van der Waals surface area contributed by atoms with E-state index in [-0.39, 0.29) is 5.28 Å². The summed E-state index contributed by atoms with van der Waals surface area (Å²) in [5, 5.41) is 5.42. The molecule has 0 saturated carbocycles. The van der Waals surface area contributed by atoms with Crippen LogP contribution in [0.4, 0.5) is 5.69 Å². The van der Waals surface area contributed by atoms with Crippen LogP contribution in [0.25, 0.3) is 16.7 Å². The predicted octanol–water partition coefficient (Wildman–Crippen LogP) is 2.05. The lowest BCUT2D eigenvalue weighted by Crippen LogP contribution is -2.05. The molecule has 2 aromatic heterocycles. The van der Waals surface area contributed by atoms with Crippen LogP contribution in [-0.2, 0) is 0 Å². The van der Waals surface area contributed by atoms with Crippen LogP contribution in [-0.4, -0.2) is 19.7 Å². The zero-order valence-electron chi connectivity index (χ0n) is 8.71. The number of halogens is 1. The van der Waals surface area contributed by atoms with Gasteiger partial charge in [-0.3, -0.25) is 0 Å². The van der Waals surface area contributed by atoms with Gasteiger partial charge in [0.25, 0.3) is 0 Å². The molecule has 3 aromatic rings. The van der Waals surface area contributed by atoms with Crippen molar-refractivity contribution in [2.24, 2.45) is 0 Å². The fraction of sp³-hybridized carbons (Fsp3) is 0. The Morgan fingerprint density at radius 3 is 2.88 bits per heavy atom. The Morgan fingerprint density at radius 1 is 1.18 bits per heavy atom. The first-order valence-corrected chi connectivity index (χ1v) is 5.34. The van der Waals surface area contributed by atoms with Gasteiger partial charge in [0.1, 0.15) is 0 Å². The Morgan fingerprint density at radius 2 is 2.00 bits per heavy atom. The number of hydrogen-bond acceptors (Lipinski definition) is 4. The highest BCUT2D eigenvalue weighted by atomic mass is 35.5. The van der Waals surface area contributed by atoms with Gasteiger partial charge in [0.15, 0.2) is 5.82 Å². The number of nitrogen functional groups attached to an aromatic ring is 1. The molecule has 84 valence electrons. The Bertz CT molecular complexity index is 691. The van der Waals surface area contributed by atoms with E-state index in [0.29, 0.717) is 11.5 Å². The number of aromatic nitrogens is 4. The molecule has 0 amide bonds. The van der Waals surface area contributed by atoms with E-state index in [2.05, 4.69) is 15.1 Å². The smallest absolute Gasteiger partial charge is 0.224 e. The topological polar surface area (TPSA) is 69.6 Å². The maximum Gasteiger partial charge on any atom is 0.224 e. The second-order valence-electron chi connectivity index (χ2n) is 3.53. The van der Waals surface area contributed by atoms with Crippen LogP contribution in [0.15, 0.2) is 36.7 Å². The number of para-hydroxylation sites is 1. The average Bonchev–Trinajstić information content (AvgIpc) is 2.76. The molecule has 0 spiro atoms. The molecule has 3 rings (SSSR count). The Labute approximate surface area is 102 Å². The SMILES string of the molecule is Nc1cnc(Cl)nc1-n1ncc2ccccc21. The summed E-state index contributed by atoms with van der Waals surface area (Å²) in [7, 11) is 0. The fourth-order valence-electron chi connectivity index (χ4n) is 1.67. The summed E-state index contributed by atoms with van der Waals surface area (Å²) in [5.74, 6) is 0.492. The molecule has 5 nitrogen and oxygen atoms in total. The summed E-state index contributed by atoms with van der Waals surface area (Å²) >= 11 is 5.77. The predicted molar refractivity (Wildman–Crippen MR) is 66.1 cm³/mol. The quantitative estimate of drug-likeness (QED) is 0.666. The van der Waals surface area contributed by atoms with Crippen molar-refractivity contribution in [3.63, 3.8) is 0 Å². The molecule has 1 aromatic carbocycles. The monoisotopic (exact) mass is 245 g/mol. The first kappa shape index (κ1) is 10.0. The van der Waals surface area contributed by atoms with Gasteiger partial charge in [-0.25, -0.2) is 9.67 Å². The lowest BCUT2D eigenvalue weighted by Gasteiger charge is -2.05. The Balaban J connectivity index is 2.31. The lowest BCUT2D eigenvalue weighted by atomic mass is 10.2. The first-order chi connectivity index (χ1) is 8.25. The number of benzene rings is 1. The van der Waals surface area contributed by atoms with Crippen molar-refractivity contribution in [1.29, 1.82) is 0 Å². The zero-order chi connectivity index (χ0) is 11.8. The van der Waals surface area contributed by atoms with E-state index in [9.17, 15) is 0 Å². The molecular weight excluding hydrogens is 238 g/mol. The Kier molecular flexibility index (Phi) is 2.19. The number of rotatable bonds is 1. The largest absolute Gasteiger partial charge is 0.394 e. The molecule has 0 bridgehead atoms. The van der Waals surface area contributed by atoms with Crippen molar-refractivity contribution in [3.05, 3.63) is 41.9 Å². The summed E-state index contributed by atoms with van der Waals surface area (Å²) in [6.45, 7) is 0. The standard InChI is InChI=1S/C11H8ClN5/c12-11-14-6-8(13)10(16-11)17-9-4-2-1-3-7(9)5-15-17/h1-6H,13H2. The van der Waals surface area contributed by atoms with E-state index >= 15 is 0 Å². The molecule has 0 aliphatic rings. The maximum absolute atomic E-state index is 5.83. The van der Waals surface area contributed by atoms with Gasteiger partial charge >= 0.3 is 0 Å². The molecule has 0 atom stereocenters. The van der Waals surface area contributed by atoms with Crippen molar-refractivity contribution in [2.45, 2.75) is 0 Å². The van der Waals surface area contributed by atoms with E-state index in [1.807, 2.05) is 24.3 Å². The van der Waals surface area contributed by atoms with Crippen molar-refractivity contribution < 1.29 is 0 Å². The lowest BCUT2D eigenvalue weighted by molar-refractivity contribution is 0.869. The van der Waals surface area contributed by atoms with Crippen LogP contribution in [0, 0.1) is 0 Å². The molecule has 0 unspecified atom stereocenters. The van der Waals surface area contributed by atoms with Crippen LogP contribution < -0.4 is 5.73 Å². The van der Waals surface area contributed by atoms with Crippen molar-refractivity contribution in [3.8, 4) is 5.82 Å². The zero-order valence-corrected chi connectivity index (χ0v) is 9.46. The molecule has 0 fully saturated rings. The summed E-state index contributed by atoms with van der Waals surface area (Å²) in [4.78, 5) is 7.91. The highest BCUT2D eigenvalue weighted by Gasteiger charge is 2.09. The molecule has 2 N–H and O–H groups in total. The van der Waals surface area contributed by atoms with Crippen molar-refractivity contribution in [1.82, 2.24) is 19.7 Å². The molecule has 2 heterocycles.